The molecule has 1 aliphatic carbocycles. The Kier molecular flexibility index (Phi) is 4.29. The molecular formula is C18H26N2O. The summed E-state index contributed by atoms with van der Waals surface area (Å²) in [5, 5.41) is 0. The van der Waals surface area contributed by atoms with Crippen LogP contribution in [0.1, 0.15) is 36.8 Å². The van der Waals surface area contributed by atoms with Crippen molar-refractivity contribution in [2.24, 2.45) is 5.92 Å². The third-order valence-electron chi connectivity index (χ3n) is 4.79. The lowest BCUT2D eigenvalue weighted by atomic mass is 10.0. The fourth-order valence-corrected chi connectivity index (χ4v) is 3.36. The standard InChI is InChI=1S/C18H26N2O/c1-14-5-3-6-15(11-14)12-20-10-4-7-17(13-20)19(2)18(21)16-8-9-16/h3,5-6,11,16-17H,4,7-10,12-13H2,1-2H3. The van der Waals surface area contributed by atoms with Crippen LogP contribution in [-0.2, 0) is 11.3 Å². The lowest BCUT2D eigenvalue weighted by Gasteiger charge is -2.37. The van der Waals surface area contributed by atoms with E-state index in [1.807, 2.05) is 11.9 Å². The van der Waals surface area contributed by atoms with Gasteiger partial charge in [0.05, 0.1) is 0 Å². The average molecular weight is 286 g/mol. The van der Waals surface area contributed by atoms with Crippen LogP contribution in [0.15, 0.2) is 24.3 Å². The van der Waals surface area contributed by atoms with Crippen molar-refractivity contribution < 1.29 is 4.79 Å². The van der Waals surface area contributed by atoms with Crippen LogP contribution in [0, 0.1) is 12.8 Å². The first-order valence-electron chi connectivity index (χ1n) is 8.18. The van der Waals surface area contributed by atoms with Gasteiger partial charge in [0.15, 0.2) is 0 Å². The molecule has 0 bridgehead atoms. The molecule has 1 aromatic carbocycles. The number of carbonyl (C=O) groups excluding carboxylic acids is 1. The van der Waals surface area contributed by atoms with Gasteiger partial charge in [0, 0.05) is 32.1 Å². The number of aryl methyl sites for hydroxylation is 1. The summed E-state index contributed by atoms with van der Waals surface area (Å²) < 4.78 is 0. The maximum absolute atomic E-state index is 12.2. The number of carbonyl (C=O) groups is 1. The topological polar surface area (TPSA) is 23.6 Å². The molecule has 0 N–H and O–H groups in total. The zero-order valence-electron chi connectivity index (χ0n) is 13.2. The summed E-state index contributed by atoms with van der Waals surface area (Å²) in [7, 11) is 2.00. The molecule has 1 heterocycles. The van der Waals surface area contributed by atoms with E-state index in [-0.39, 0.29) is 0 Å². The average Bonchev–Trinajstić information content (AvgIpc) is 3.31. The molecule has 0 radical (unpaired) electrons. The maximum atomic E-state index is 12.2. The van der Waals surface area contributed by atoms with Crippen LogP contribution >= 0.6 is 0 Å². The molecule has 0 spiro atoms. The van der Waals surface area contributed by atoms with E-state index in [0.29, 0.717) is 17.9 Å². The van der Waals surface area contributed by atoms with Crippen molar-refractivity contribution in [1.29, 1.82) is 0 Å². The van der Waals surface area contributed by atoms with Crippen LogP contribution in [0.25, 0.3) is 0 Å². The lowest BCUT2D eigenvalue weighted by molar-refractivity contribution is -0.134. The molecule has 1 saturated carbocycles. The molecular weight excluding hydrogens is 260 g/mol. The molecule has 1 saturated heterocycles. The maximum Gasteiger partial charge on any atom is 0.225 e. The number of benzene rings is 1. The summed E-state index contributed by atoms with van der Waals surface area (Å²) in [5.41, 5.74) is 2.70. The molecule has 1 atom stereocenters. The van der Waals surface area contributed by atoms with Crippen molar-refractivity contribution in [3.05, 3.63) is 35.4 Å². The second kappa shape index (κ2) is 6.18. The largest absolute Gasteiger partial charge is 0.341 e. The second-order valence-corrected chi connectivity index (χ2v) is 6.74. The molecule has 1 amide bonds. The molecule has 114 valence electrons. The third-order valence-corrected chi connectivity index (χ3v) is 4.79. The third kappa shape index (κ3) is 3.65. The minimum Gasteiger partial charge on any atom is -0.341 e. The second-order valence-electron chi connectivity index (χ2n) is 6.74. The minimum absolute atomic E-state index is 0.335. The number of rotatable bonds is 4. The Morgan fingerprint density at radius 3 is 2.86 bits per heavy atom. The first kappa shape index (κ1) is 14.6. The predicted molar refractivity (Wildman–Crippen MR) is 85.0 cm³/mol. The highest BCUT2D eigenvalue weighted by Crippen LogP contribution is 2.32. The Bertz CT molecular complexity index is 510. The number of nitrogens with zero attached hydrogens (tertiary/aromatic N) is 2. The quantitative estimate of drug-likeness (QED) is 0.850. The van der Waals surface area contributed by atoms with Crippen molar-refractivity contribution in [3.63, 3.8) is 0 Å². The Morgan fingerprint density at radius 1 is 1.33 bits per heavy atom. The molecule has 1 aromatic rings. The number of likely N-dealkylation sites (tertiary alicyclic amines) is 1. The van der Waals surface area contributed by atoms with E-state index in [9.17, 15) is 4.79 Å². The summed E-state index contributed by atoms with van der Waals surface area (Å²) in [5.74, 6) is 0.708. The van der Waals surface area contributed by atoms with Gasteiger partial charge >= 0.3 is 0 Å². The first-order chi connectivity index (χ1) is 10.1. The van der Waals surface area contributed by atoms with Crippen molar-refractivity contribution in [1.82, 2.24) is 9.80 Å². The van der Waals surface area contributed by atoms with Gasteiger partial charge in [-0.2, -0.15) is 0 Å². The Hall–Kier alpha value is -1.35. The summed E-state index contributed by atoms with van der Waals surface area (Å²) in [6.45, 7) is 5.31. The predicted octanol–water partition coefficient (Wildman–Crippen LogP) is 2.83. The van der Waals surface area contributed by atoms with Crippen LogP contribution in [0.3, 0.4) is 0 Å². The number of hydrogen-bond donors (Lipinski definition) is 0. The van der Waals surface area contributed by atoms with Crippen molar-refractivity contribution in [2.45, 2.75) is 45.2 Å². The number of amides is 1. The summed E-state index contributed by atoms with van der Waals surface area (Å²) >= 11 is 0. The van der Waals surface area contributed by atoms with Crippen LogP contribution in [0.2, 0.25) is 0 Å². The van der Waals surface area contributed by atoms with E-state index >= 15 is 0 Å². The highest BCUT2D eigenvalue weighted by molar-refractivity contribution is 5.81. The lowest BCUT2D eigenvalue weighted by Crippen LogP contribution is -2.48. The normalized spacial score (nSPS) is 23.0. The monoisotopic (exact) mass is 286 g/mol. The first-order valence-corrected chi connectivity index (χ1v) is 8.18. The molecule has 2 fully saturated rings. The zero-order valence-corrected chi connectivity index (χ0v) is 13.2. The molecule has 0 aromatic heterocycles. The minimum atomic E-state index is 0.335. The van der Waals surface area contributed by atoms with E-state index in [1.54, 1.807) is 0 Å². The fraction of sp³-hybridized carbons (Fsp3) is 0.611. The Labute approximate surface area is 127 Å². The molecule has 3 nitrogen and oxygen atoms in total. The number of hydrogen-bond acceptors (Lipinski definition) is 2. The van der Waals surface area contributed by atoms with Gasteiger partial charge in [0.1, 0.15) is 0 Å². The molecule has 3 heteroatoms. The number of likely N-dealkylation sites (N-methyl/N-ethyl adjacent to an activating group) is 1. The zero-order chi connectivity index (χ0) is 14.8. The van der Waals surface area contributed by atoms with E-state index in [4.69, 9.17) is 0 Å². The van der Waals surface area contributed by atoms with Crippen molar-refractivity contribution in [3.8, 4) is 0 Å². The highest BCUT2D eigenvalue weighted by atomic mass is 16.2. The summed E-state index contributed by atoms with van der Waals surface area (Å²) in [6.07, 6.45) is 4.55. The van der Waals surface area contributed by atoms with Gasteiger partial charge in [-0.1, -0.05) is 29.8 Å². The van der Waals surface area contributed by atoms with E-state index in [1.165, 1.54) is 17.5 Å². The molecule has 3 rings (SSSR count). The van der Waals surface area contributed by atoms with Crippen LogP contribution in [-0.4, -0.2) is 41.9 Å². The number of piperidine rings is 1. The van der Waals surface area contributed by atoms with Crippen LogP contribution in [0.4, 0.5) is 0 Å². The fourth-order valence-electron chi connectivity index (χ4n) is 3.36. The SMILES string of the molecule is Cc1cccc(CN2CCCC(N(C)C(=O)C3CC3)C2)c1. The van der Waals surface area contributed by atoms with Crippen LogP contribution < -0.4 is 0 Å². The van der Waals surface area contributed by atoms with E-state index < -0.39 is 0 Å². The van der Waals surface area contributed by atoms with Gasteiger partial charge in [-0.25, -0.2) is 0 Å². The molecule has 1 unspecified atom stereocenters. The van der Waals surface area contributed by atoms with Gasteiger partial charge < -0.3 is 4.90 Å². The molecule has 2 aliphatic rings. The smallest absolute Gasteiger partial charge is 0.225 e. The van der Waals surface area contributed by atoms with Crippen LogP contribution in [0.5, 0.6) is 0 Å². The summed E-state index contributed by atoms with van der Waals surface area (Å²) in [6, 6.07) is 9.15. The highest BCUT2D eigenvalue weighted by Gasteiger charge is 2.35. The summed E-state index contributed by atoms with van der Waals surface area (Å²) in [4.78, 5) is 16.7. The van der Waals surface area contributed by atoms with Gasteiger partial charge in [-0.05, 0) is 44.7 Å². The molecule has 21 heavy (non-hydrogen) atoms. The van der Waals surface area contributed by atoms with Gasteiger partial charge in [-0.3, -0.25) is 9.69 Å². The van der Waals surface area contributed by atoms with E-state index in [2.05, 4.69) is 36.1 Å². The van der Waals surface area contributed by atoms with Gasteiger partial charge in [0.2, 0.25) is 5.91 Å². The van der Waals surface area contributed by atoms with E-state index in [0.717, 1.165) is 38.9 Å². The van der Waals surface area contributed by atoms with Gasteiger partial charge in [0.25, 0.3) is 0 Å². The Morgan fingerprint density at radius 2 is 2.14 bits per heavy atom. The Balaban J connectivity index is 1.58. The van der Waals surface area contributed by atoms with Gasteiger partial charge in [-0.15, -0.1) is 0 Å². The van der Waals surface area contributed by atoms with Crippen molar-refractivity contribution in [2.75, 3.05) is 20.1 Å². The molecule has 1 aliphatic heterocycles. The van der Waals surface area contributed by atoms with Crippen molar-refractivity contribution >= 4 is 5.91 Å².